The Labute approximate surface area is 138 Å². The number of amides is 2. The van der Waals surface area contributed by atoms with Gasteiger partial charge in [-0.3, -0.25) is 9.59 Å². The number of aryl methyl sites for hydroxylation is 1. The molecule has 0 saturated carbocycles. The van der Waals surface area contributed by atoms with Crippen LogP contribution in [0.4, 0.5) is 5.69 Å². The Morgan fingerprint density at radius 2 is 2.12 bits per heavy atom. The smallest absolute Gasteiger partial charge is 0.286 e. The Bertz CT molecular complexity index is 852. The van der Waals surface area contributed by atoms with Crippen LogP contribution in [0.5, 0.6) is 0 Å². The third-order valence-electron chi connectivity index (χ3n) is 3.39. The topological polar surface area (TPSA) is 97.4 Å². The Balaban J connectivity index is 1.44. The van der Waals surface area contributed by atoms with Crippen LogP contribution in [0.15, 0.2) is 45.4 Å². The van der Waals surface area contributed by atoms with Gasteiger partial charge in [-0.25, -0.2) is 4.98 Å². The van der Waals surface area contributed by atoms with Crippen LogP contribution in [0.2, 0.25) is 0 Å². The Hall–Kier alpha value is -3.09. The van der Waals surface area contributed by atoms with E-state index in [2.05, 4.69) is 15.6 Å². The van der Waals surface area contributed by atoms with Gasteiger partial charge in [0.1, 0.15) is 5.52 Å². The molecule has 0 spiro atoms. The van der Waals surface area contributed by atoms with Gasteiger partial charge in [-0.05, 0) is 36.8 Å². The molecule has 2 aromatic heterocycles. The van der Waals surface area contributed by atoms with Crippen LogP contribution < -0.4 is 10.6 Å². The van der Waals surface area contributed by atoms with Crippen LogP contribution in [0.3, 0.4) is 0 Å². The molecule has 7 heteroatoms. The molecule has 0 atom stereocenters. The van der Waals surface area contributed by atoms with E-state index in [1.54, 1.807) is 37.3 Å². The van der Waals surface area contributed by atoms with E-state index in [9.17, 15) is 9.59 Å². The summed E-state index contributed by atoms with van der Waals surface area (Å²) >= 11 is 0. The lowest BCUT2D eigenvalue weighted by molar-refractivity contribution is -0.116. The minimum Gasteiger partial charge on any atom is -0.459 e. The van der Waals surface area contributed by atoms with Crippen LogP contribution in [0, 0.1) is 6.92 Å². The van der Waals surface area contributed by atoms with E-state index < -0.39 is 0 Å². The summed E-state index contributed by atoms with van der Waals surface area (Å²) in [6, 6.07) is 8.54. The minimum atomic E-state index is -0.285. The molecule has 2 amide bonds. The summed E-state index contributed by atoms with van der Waals surface area (Å²) < 4.78 is 10.4. The maximum absolute atomic E-state index is 11.9. The van der Waals surface area contributed by atoms with Crippen molar-refractivity contribution in [2.45, 2.75) is 19.8 Å². The number of anilines is 1. The Morgan fingerprint density at radius 3 is 2.92 bits per heavy atom. The first-order valence-electron chi connectivity index (χ1n) is 7.60. The van der Waals surface area contributed by atoms with Gasteiger partial charge in [0.2, 0.25) is 5.91 Å². The second-order valence-electron chi connectivity index (χ2n) is 5.30. The molecule has 2 heterocycles. The molecule has 0 bridgehead atoms. The SMILES string of the molecule is Cc1nc2cc(NC(=O)CCCNC(=O)c3ccco3)ccc2o1. The molecule has 124 valence electrons. The molecule has 0 aliphatic carbocycles. The van der Waals surface area contributed by atoms with Crippen LogP contribution in [0.25, 0.3) is 11.1 Å². The number of aromatic nitrogens is 1. The predicted molar refractivity (Wildman–Crippen MR) is 87.7 cm³/mol. The largest absolute Gasteiger partial charge is 0.459 e. The molecule has 3 aromatic rings. The van der Waals surface area contributed by atoms with Crippen LogP contribution in [-0.4, -0.2) is 23.3 Å². The normalized spacial score (nSPS) is 10.7. The molecule has 0 aliphatic heterocycles. The number of nitrogens with zero attached hydrogens (tertiary/aromatic N) is 1. The lowest BCUT2D eigenvalue weighted by Gasteiger charge is -2.05. The maximum atomic E-state index is 11.9. The molecule has 0 unspecified atom stereocenters. The average molecular weight is 327 g/mol. The summed E-state index contributed by atoms with van der Waals surface area (Å²) in [7, 11) is 0. The van der Waals surface area contributed by atoms with Crippen molar-refractivity contribution in [3.63, 3.8) is 0 Å². The predicted octanol–water partition coefficient (Wildman–Crippen LogP) is 2.88. The fourth-order valence-electron chi connectivity index (χ4n) is 2.29. The van der Waals surface area contributed by atoms with E-state index in [4.69, 9.17) is 8.83 Å². The lowest BCUT2D eigenvalue weighted by Crippen LogP contribution is -2.25. The standard InChI is InChI=1S/C17H17N3O4/c1-11-19-13-10-12(6-7-14(13)24-11)20-16(21)5-2-8-18-17(22)15-4-3-9-23-15/h3-4,6-7,9-10H,2,5,8H2,1H3,(H,18,22)(H,20,21). The van der Waals surface area contributed by atoms with Crippen molar-refractivity contribution in [1.29, 1.82) is 0 Å². The van der Waals surface area contributed by atoms with E-state index in [0.717, 1.165) is 0 Å². The Kier molecular flexibility index (Phi) is 4.60. The fraction of sp³-hybridized carbons (Fsp3) is 0.235. The number of rotatable bonds is 6. The second kappa shape index (κ2) is 6.99. The van der Waals surface area contributed by atoms with Gasteiger partial charge in [-0.2, -0.15) is 0 Å². The number of benzene rings is 1. The molecular formula is C17H17N3O4. The maximum Gasteiger partial charge on any atom is 0.286 e. The first-order chi connectivity index (χ1) is 11.6. The minimum absolute atomic E-state index is 0.123. The van der Waals surface area contributed by atoms with Gasteiger partial charge < -0.3 is 19.5 Å². The molecule has 0 radical (unpaired) electrons. The highest BCUT2D eigenvalue weighted by atomic mass is 16.3. The number of carbonyl (C=O) groups excluding carboxylic acids is 2. The molecule has 0 saturated heterocycles. The fourth-order valence-corrected chi connectivity index (χ4v) is 2.29. The number of furan rings is 1. The molecule has 1 aromatic carbocycles. The van der Waals surface area contributed by atoms with Crippen LogP contribution in [-0.2, 0) is 4.79 Å². The zero-order valence-corrected chi connectivity index (χ0v) is 13.2. The highest BCUT2D eigenvalue weighted by Crippen LogP contribution is 2.19. The monoisotopic (exact) mass is 327 g/mol. The summed E-state index contributed by atoms with van der Waals surface area (Å²) in [4.78, 5) is 27.8. The van der Waals surface area contributed by atoms with Crippen molar-refractivity contribution in [3.8, 4) is 0 Å². The summed E-state index contributed by atoms with van der Waals surface area (Å²) in [5, 5.41) is 5.50. The molecule has 0 fully saturated rings. The highest BCUT2D eigenvalue weighted by Gasteiger charge is 2.09. The third-order valence-corrected chi connectivity index (χ3v) is 3.39. The van der Waals surface area contributed by atoms with Gasteiger partial charge in [0.25, 0.3) is 5.91 Å². The van der Waals surface area contributed by atoms with Crippen molar-refractivity contribution in [1.82, 2.24) is 10.3 Å². The summed E-state index contributed by atoms with van der Waals surface area (Å²) in [6.07, 6.45) is 2.27. The number of fused-ring (bicyclic) bond motifs is 1. The van der Waals surface area contributed by atoms with Crippen molar-refractivity contribution in [3.05, 3.63) is 48.2 Å². The molecular weight excluding hydrogens is 310 g/mol. The van der Waals surface area contributed by atoms with E-state index >= 15 is 0 Å². The Morgan fingerprint density at radius 1 is 1.25 bits per heavy atom. The van der Waals surface area contributed by atoms with E-state index in [-0.39, 0.29) is 17.6 Å². The van der Waals surface area contributed by atoms with Crippen molar-refractivity contribution in [2.24, 2.45) is 0 Å². The molecule has 0 aliphatic rings. The third kappa shape index (κ3) is 3.81. The van der Waals surface area contributed by atoms with Gasteiger partial charge in [0.05, 0.1) is 6.26 Å². The van der Waals surface area contributed by atoms with Gasteiger partial charge >= 0.3 is 0 Å². The van der Waals surface area contributed by atoms with Crippen LogP contribution >= 0.6 is 0 Å². The summed E-state index contributed by atoms with van der Waals surface area (Å²) in [5.74, 6) is 0.436. The van der Waals surface area contributed by atoms with E-state index in [1.165, 1.54) is 6.26 Å². The average Bonchev–Trinajstić information content (AvgIpc) is 3.19. The number of oxazole rings is 1. The molecule has 7 nitrogen and oxygen atoms in total. The zero-order chi connectivity index (χ0) is 16.9. The second-order valence-corrected chi connectivity index (χ2v) is 5.30. The summed E-state index contributed by atoms with van der Waals surface area (Å²) in [5.41, 5.74) is 2.06. The van der Waals surface area contributed by atoms with Gasteiger partial charge in [-0.1, -0.05) is 0 Å². The van der Waals surface area contributed by atoms with E-state index in [0.29, 0.717) is 42.1 Å². The molecule has 2 N–H and O–H groups in total. The van der Waals surface area contributed by atoms with Crippen molar-refractivity contribution in [2.75, 3.05) is 11.9 Å². The highest BCUT2D eigenvalue weighted by molar-refractivity contribution is 5.93. The number of carbonyl (C=O) groups is 2. The number of hydrogen-bond acceptors (Lipinski definition) is 5. The van der Waals surface area contributed by atoms with Gasteiger partial charge in [-0.15, -0.1) is 0 Å². The lowest BCUT2D eigenvalue weighted by atomic mass is 10.2. The quantitative estimate of drug-likeness (QED) is 0.678. The van der Waals surface area contributed by atoms with Crippen molar-refractivity contribution < 1.29 is 18.4 Å². The summed E-state index contributed by atoms with van der Waals surface area (Å²) in [6.45, 7) is 2.17. The first-order valence-corrected chi connectivity index (χ1v) is 7.60. The number of hydrogen-bond donors (Lipinski definition) is 2. The number of nitrogens with one attached hydrogen (secondary N) is 2. The van der Waals surface area contributed by atoms with E-state index in [1.807, 2.05) is 0 Å². The van der Waals surface area contributed by atoms with Gasteiger partial charge in [0, 0.05) is 25.6 Å². The first kappa shape index (κ1) is 15.8. The van der Waals surface area contributed by atoms with Gasteiger partial charge in [0.15, 0.2) is 17.2 Å². The van der Waals surface area contributed by atoms with Crippen molar-refractivity contribution >= 4 is 28.6 Å². The molecule has 24 heavy (non-hydrogen) atoms. The molecule has 3 rings (SSSR count). The van der Waals surface area contributed by atoms with Crippen LogP contribution in [0.1, 0.15) is 29.3 Å². The zero-order valence-electron chi connectivity index (χ0n) is 13.2.